The topological polar surface area (TPSA) is 62.3 Å². The number of fused-ring (bicyclic) bond motifs is 1. The Morgan fingerprint density at radius 1 is 1.11 bits per heavy atom. The molecule has 0 saturated heterocycles. The van der Waals surface area contributed by atoms with E-state index in [0.717, 1.165) is 61.7 Å². The van der Waals surface area contributed by atoms with E-state index in [9.17, 15) is 0 Å². The number of nitrogens with one attached hydrogen (secondary N) is 2. The van der Waals surface area contributed by atoms with Crippen LogP contribution in [0, 0.1) is 0 Å². The van der Waals surface area contributed by atoms with Gasteiger partial charge < -0.3 is 20.3 Å². The first kappa shape index (κ1) is 21.5. The lowest BCUT2D eigenvalue weighted by molar-refractivity contribution is 0.295. The summed E-state index contributed by atoms with van der Waals surface area (Å²) >= 11 is 6.25. The molecule has 1 unspecified atom stereocenters. The summed E-state index contributed by atoms with van der Waals surface area (Å²) in [5.41, 5.74) is 1.51. The molecule has 1 atom stereocenters. The molecular formula is C20H32ClN5O. The molecule has 0 bridgehead atoms. The van der Waals surface area contributed by atoms with E-state index in [1.54, 1.807) is 13.2 Å². The number of nitrogens with zero attached hydrogens (tertiary/aromatic N) is 3. The third kappa shape index (κ3) is 5.84. The number of benzene rings is 1. The monoisotopic (exact) mass is 393 g/mol. The molecule has 0 aliphatic rings. The standard InChI is InChI=1S/C20H32ClN5O/c1-6-22-19-20(23-14(4)10-9-11-26(7-2)8-3)25-16-12-15(21)18(27-5)13-17(16)24-19/h12-14H,6-11H2,1-5H3,(H,22,24)(H,23,25). The molecule has 0 amide bonds. The van der Waals surface area contributed by atoms with Gasteiger partial charge in [0.05, 0.1) is 23.2 Å². The van der Waals surface area contributed by atoms with Crippen LogP contribution in [0.25, 0.3) is 11.0 Å². The minimum atomic E-state index is 0.304. The van der Waals surface area contributed by atoms with Crippen LogP contribution in [0.2, 0.25) is 5.02 Å². The van der Waals surface area contributed by atoms with Crippen molar-refractivity contribution in [3.8, 4) is 5.75 Å². The lowest BCUT2D eigenvalue weighted by Gasteiger charge is -2.21. The number of aromatic nitrogens is 2. The van der Waals surface area contributed by atoms with Gasteiger partial charge in [-0.2, -0.15) is 0 Å². The van der Waals surface area contributed by atoms with Gasteiger partial charge in [-0.1, -0.05) is 25.4 Å². The fourth-order valence-corrected chi connectivity index (χ4v) is 3.31. The number of ether oxygens (including phenoxy) is 1. The normalized spacial score (nSPS) is 12.4. The maximum Gasteiger partial charge on any atom is 0.169 e. The van der Waals surface area contributed by atoms with Crippen LogP contribution in [0.5, 0.6) is 5.75 Å². The van der Waals surface area contributed by atoms with E-state index in [0.29, 0.717) is 16.8 Å². The van der Waals surface area contributed by atoms with Crippen LogP contribution in [0.1, 0.15) is 40.5 Å². The van der Waals surface area contributed by atoms with Gasteiger partial charge in [-0.05, 0) is 52.4 Å². The van der Waals surface area contributed by atoms with Gasteiger partial charge in [-0.3, -0.25) is 0 Å². The van der Waals surface area contributed by atoms with Gasteiger partial charge in [0, 0.05) is 18.7 Å². The number of rotatable bonds is 11. The molecule has 0 saturated carbocycles. The highest BCUT2D eigenvalue weighted by Crippen LogP contribution is 2.31. The largest absolute Gasteiger partial charge is 0.495 e. The third-order valence-corrected chi connectivity index (χ3v) is 4.97. The zero-order chi connectivity index (χ0) is 19.8. The van der Waals surface area contributed by atoms with E-state index in [4.69, 9.17) is 26.3 Å². The summed E-state index contributed by atoms with van der Waals surface area (Å²) in [4.78, 5) is 11.9. The van der Waals surface area contributed by atoms with E-state index >= 15 is 0 Å². The molecule has 0 radical (unpaired) electrons. The Labute approximate surface area is 167 Å². The van der Waals surface area contributed by atoms with Crippen molar-refractivity contribution in [2.75, 3.05) is 43.9 Å². The van der Waals surface area contributed by atoms with Gasteiger partial charge in [0.25, 0.3) is 0 Å². The number of halogens is 1. The number of anilines is 2. The van der Waals surface area contributed by atoms with Gasteiger partial charge in [0.15, 0.2) is 11.6 Å². The van der Waals surface area contributed by atoms with Crippen molar-refractivity contribution >= 4 is 34.3 Å². The average Bonchev–Trinajstić information content (AvgIpc) is 2.65. The van der Waals surface area contributed by atoms with E-state index in [2.05, 4.69) is 36.3 Å². The Morgan fingerprint density at radius 2 is 1.78 bits per heavy atom. The molecule has 2 aromatic rings. The zero-order valence-electron chi connectivity index (χ0n) is 17.1. The molecule has 1 aromatic heterocycles. The van der Waals surface area contributed by atoms with Crippen molar-refractivity contribution in [3.05, 3.63) is 17.2 Å². The second kappa shape index (κ2) is 10.5. The summed E-state index contributed by atoms with van der Waals surface area (Å²) in [5.74, 6) is 2.12. The molecule has 0 aliphatic heterocycles. The summed E-state index contributed by atoms with van der Waals surface area (Å²) in [6, 6.07) is 3.93. The fourth-order valence-electron chi connectivity index (χ4n) is 3.07. The summed E-state index contributed by atoms with van der Waals surface area (Å²) in [5, 5.41) is 7.35. The van der Waals surface area contributed by atoms with Crippen molar-refractivity contribution in [1.82, 2.24) is 14.9 Å². The van der Waals surface area contributed by atoms with Gasteiger partial charge in [0.2, 0.25) is 0 Å². The predicted molar refractivity (Wildman–Crippen MR) is 115 cm³/mol. The lowest BCUT2D eigenvalue weighted by Crippen LogP contribution is -2.26. The average molecular weight is 394 g/mol. The number of hydrogen-bond acceptors (Lipinski definition) is 6. The summed E-state index contributed by atoms with van der Waals surface area (Å²) < 4.78 is 5.29. The van der Waals surface area contributed by atoms with Crippen molar-refractivity contribution < 1.29 is 4.74 Å². The smallest absolute Gasteiger partial charge is 0.169 e. The second-order valence-corrected chi connectivity index (χ2v) is 7.05. The highest BCUT2D eigenvalue weighted by molar-refractivity contribution is 6.32. The quantitative estimate of drug-likeness (QED) is 0.579. The molecule has 150 valence electrons. The summed E-state index contributed by atoms with van der Waals surface area (Å²) in [7, 11) is 1.60. The lowest BCUT2D eigenvalue weighted by atomic mass is 10.1. The van der Waals surface area contributed by atoms with E-state index < -0.39 is 0 Å². The molecule has 6 nitrogen and oxygen atoms in total. The third-order valence-electron chi connectivity index (χ3n) is 4.67. The zero-order valence-corrected chi connectivity index (χ0v) is 17.9. The maximum atomic E-state index is 6.25. The van der Waals surface area contributed by atoms with Crippen molar-refractivity contribution in [1.29, 1.82) is 0 Å². The predicted octanol–water partition coefficient (Wildman–Crippen LogP) is 4.65. The van der Waals surface area contributed by atoms with Crippen LogP contribution in [-0.2, 0) is 0 Å². The second-order valence-electron chi connectivity index (χ2n) is 6.64. The minimum absolute atomic E-state index is 0.304. The minimum Gasteiger partial charge on any atom is -0.495 e. The molecule has 1 aromatic carbocycles. The molecule has 27 heavy (non-hydrogen) atoms. The van der Waals surface area contributed by atoms with Crippen LogP contribution < -0.4 is 15.4 Å². The molecule has 0 aliphatic carbocycles. The Balaban J connectivity index is 2.16. The van der Waals surface area contributed by atoms with Crippen LogP contribution in [-0.4, -0.2) is 54.2 Å². The molecule has 2 rings (SSSR count). The number of hydrogen-bond donors (Lipinski definition) is 2. The Morgan fingerprint density at radius 3 is 2.41 bits per heavy atom. The van der Waals surface area contributed by atoms with Crippen LogP contribution in [0.4, 0.5) is 11.6 Å². The van der Waals surface area contributed by atoms with E-state index in [1.807, 2.05) is 13.0 Å². The van der Waals surface area contributed by atoms with Crippen LogP contribution in [0.15, 0.2) is 12.1 Å². The molecule has 1 heterocycles. The fraction of sp³-hybridized carbons (Fsp3) is 0.600. The Kier molecular flexibility index (Phi) is 8.38. The SMILES string of the molecule is CCNc1nc2cc(OC)c(Cl)cc2nc1NC(C)CCCN(CC)CC. The van der Waals surface area contributed by atoms with Crippen LogP contribution in [0.3, 0.4) is 0 Å². The van der Waals surface area contributed by atoms with Crippen molar-refractivity contribution in [2.45, 2.75) is 46.6 Å². The molecule has 0 spiro atoms. The Hall–Kier alpha value is -1.79. The summed E-state index contributed by atoms with van der Waals surface area (Å²) in [6.07, 6.45) is 2.22. The van der Waals surface area contributed by atoms with Crippen molar-refractivity contribution in [2.24, 2.45) is 0 Å². The first-order chi connectivity index (χ1) is 13.0. The van der Waals surface area contributed by atoms with E-state index in [-0.39, 0.29) is 0 Å². The summed E-state index contributed by atoms with van der Waals surface area (Å²) in [6.45, 7) is 12.7. The molecular weight excluding hydrogens is 362 g/mol. The van der Waals surface area contributed by atoms with Gasteiger partial charge >= 0.3 is 0 Å². The molecule has 2 N–H and O–H groups in total. The number of methoxy groups -OCH3 is 1. The highest BCUT2D eigenvalue weighted by atomic mass is 35.5. The first-order valence-corrected chi connectivity index (χ1v) is 10.2. The van der Waals surface area contributed by atoms with Gasteiger partial charge in [0.1, 0.15) is 5.75 Å². The van der Waals surface area contributed by atoms with E-state index in [1.165, 1.54) is 0 Å². The van der Waals surface area contributed by atoms with Gasteiger partial charge in [-0.15, -0.1) is 0 Å². The molecule has 0 fully saturated rings. The van der Waals surface area contributed by atoms with Crippen molar-refractivity contribution in [3.63, 3.8) is 0 Å². The molecule has 7 heteroatoms. The van der Waals surface area contributed by atoms with Crippen LogP contribution >= 0.6 is 11.6 Å². The highest BCUT2D eigenvalue weighted by Gasteiger charge is 2.13. The maximum absolute atomic E-state index is 6.25. The van der Waals surface area contributed by atoms with Gasteiger partial charge in [-0.25, -0.2) is 9.97 Å². The Bertz CT molecular complexity index is 736. The first-order valence-electron chi connectivity index (χ1n) is 9.80.